The van der Waals surface area contributed by atoms with Crippen molar-refractivity contribution in [3.63, 3.8) is 0 Å². The minimum absolute atomic E-state index is 0.0520. The van der Waals surface area contributed by atoms with E-state index in [-0.39, 0.29) is 22.7 Å². The molecule has 4 atom stereocenters. The first-order valence-electron chi connectivity index (χ1n) is 7.84. The zero-order valence-corrected chi connectivity index (χ0v) is 12.9. The van der Waals surface area contributed by atoms with Gasteiger partial charge >= 0.3 is 0 Å². The Kier molecular flexibility index (Phi) is 2.32. The van der Waals surface area contributed by atoms with Crippen molar-refractivity contribution in [2.45, 2.75) is 46.3 Å². The van der Waals surface area contributed by atoms with Crippen molar-refractivity contribution < 1.29 is 14.3 Å². The molecule has 4 rings (SSSR count). The summed E-state index contributed by atoms with van der Waals surface area (Å²) in [6.07, 6.45) is 4.34. The lowest BCUT2D eigenvalue weighted by Gasteiger charge is -2.56. The highest BCUT2D eigenvalue weighted by molar-refractivity contribution is 6.02. The van der Waals surface area contributed by atoms with Crippen molar-refractivity contribution in [1.82, 2.24) is 0 Å². The smallest absolute Gasteiger partial charge is 0.172 e. The molecule has 0 radical (unpaired) electrons. The molecule has 0 N–H and O–H groups in total. The lowest BCUT2D eigenvalue weighted by atomic mass is 9.49. The van der Waals surface area contributed by atoms with Crippen LogP contribution in [-0.2, 0) is 14.3 Å². The minimum atomic E-state index is -0.452. The van der Waals surface area contributed by atoms with Crippen molar-refractivity contribution in [3.8, 4) is 0 Å². The normalized spacial score (nSPS) is 45.3. The zero-order valence-electron chi connectivity index (χ0n) is 12.9. The minimum Gasteiger partial charge on any atom is -0.347 e. The first kappa shape index (κ1) is 13.0. The summed E-state index contributed by atoms with van der Waals surface area (Å²) in [7, 11) is 0. The van der Waals surface area contributed by atoms with Gasteiger partial charge in [-0.15, -0.1) is 0 Å². The van der Waals surface area contributed by atoms with Gasteiger partial charge in [-0.2, -0.15) is 0 Å². The Morgan fingerprint density at radius 2 is 1.85 bits per heavy atom. The molecule has 1 aliphatic heterocycles. The van der Waals surface area contributed by atoms with Gasteiger partial charge in [-0.05, 0) is 28.7 Å². The topological polar surface area (TPSA) is 35.5 Å². The molecule has 0 aromatic rings. The Labute approximate surface area is 120 Å². The van der Waals surface area contributed by atoms with Crippen LogP contribution >= 0.6 is 0 Å². The van der Waals surface area contributed by atoms with Crippen LogP contribution in [0.1, 0.15) is 40.5 Å². The van der Waals surface area contributed by atoms with Gasteiger partial charge in [-0.25, -0.2) is 0 Å². The standard InChI is InChI=1S/C17H24O3/c1-15(2,3)11-9-10-12(13(11)18)14-16(10,4)5-6-17(14)19-7-8-20-17/h9-10,12,14H,5-8H2,1-4H3/t10-,12-,14-,16+/m0/s1. The van der Waals surface area contributed by atoms with Gasteiger partial charge < -0.3 is 9.47 Å². The molecule has 3 nitrogen and oxygen atoms in total. The molecule has 0 aromatic carbocycles. The summed E-state index contributed by atoms with van der Waals surface area (Å²) < 4.78 is 12.0. The Hall–Kier alpha value is -0.670. The van der Waals surface area contributed by atoms with Gasteiger partial charge in [-0.1, -0.05) is 33.8 Å². The van der Waals surface area contributed by atoms with Crippen LogP contribution in [0.5, 0.6) is 0 Å². The molecule has 0 unspecified atom stereocenters. The average Bonchev–Trinajstić information content (AvgIpc) is 2.96. The molecule has 4 aliphatic rings. The molecule has 0 aromatic heterocycles. The molecule has 2 saturated carbocycles. The van der Waals surface area contributed by atoms with E-state index in [1.807, 2.05) is 0 Å². The second kappa shape index (κ2) is 3.56. The number of carbonyl (C=O) groups is 1. The van der Waals surface area contributed by atoms with Crippen LogP contribution in [-0.4, -0.2) is 24.8 Å². The summed E-state index contributed by atoms with van der Waals surface area (Å²) in [5.41, 5.74) is 1.16. The average molecular weight is 276 g/mol. The van der Waals surface area contributed by atoms with E-state index in [4.69, 9.17) is 9.47 Å². The molecule has 110 valence electrons. The Morgan fingerprint density at radius 3 is 2.45 bits per heavy atom. The third-order valence-corrected chi connectivity index (χ3v) is 6.20. The van der Waals surface area contributed by atoms with E-state index in [9.17, 15) is 4.79 Å². The molecule has 20 heavy (non-hydrogen) atoms. The molecule has 0 bridgehead atoms. The lowest BCUT2D eigenvalue weighted by Crippen LogP contribution is -2.59. The highest BCUT2D eigenvalue weighted by Crippen LogP contribution is 2.72. The Balaban J connectivity index is 1.72. The monoisotopic (exact) mass is 276 g/mol. The van der Waals surface area contributed by atoms with Gasteiger partial charge in [0.25, 0.3) is 0 Å². The molecule has 1 spiro atoms. The van der Waals surface area contributed by atoms with Crippen LogP contribution in [0.15, 0.2) is 11.6 Å². The Bertz CT molecular complexity index is 507. The van der Waals surface area contributed by atoms with Crippen molar-refractivity contribution in [1.29, 1.82) is 0 Å². The van der Waals surface area contributed by atoms with E-state index >= 15 is 0 Å². The summed E-state index contributed by atoms with van der Waals surface area (Å²) in [5, 5.41) is 0. The van der Waals surface area contributed by atoms with Crippen LogP contribution in [0.4, 0.5) is 0 Å². The van der Waals surface area contributed by atoms with Gasteiger partial charge in [0.15, 0.2) is 11.6 Å². The van der Waals surface area contributed by atoms with Crippen molar-refractivity contribution in [2.24, 2.45) is 28.6 Å². The van der Waals surface area contributed by atoms with Crippen molar-refractivity contribution in [2.75, 3.05) is 13.2 Å². The predicted octanol–water partition coefficient (Wildman–Crippen LogP) is 2.95. The van der Waals surface area contributed by atoms with Crippen LogP contribution in [0.3, 0.4) is 0 Å². The van der Waals surface area contributed by atoms with E-state index in [1.54, 1.807) is 0 Å². The van der Waals surface area contributed by atoms with Crippen LogP contribution < -0.4 is 0 Å². The molecule has 0 amide bonds. The third kappa shape index (κ3) is 1.31. The molecule has 3 heteroatoms. The third-order valence-electron chi connectivity index (χ3n) is 6.20. The Morgan fingerprint density at radius 1 is 1.20 bits per heavy atom. The fourth-order valence-electron chi connectivity index (χ4n) is 5.28. The quantitative estimate of drug-likeness (QED) is 0.682. The number of allylic oxidation sites excluding steroid dienone is 2. The number of hydrogen-bond acceptors (Lipinski definition) is 3. The molecule has 1 saturated heterocycles. The van der Waals surface area contributed by atoms with Crippen molar-refractivity contribution in [3.05, 3.63) is 11.6 Å². The van der Waals surface area contributed by atoms with Crippen LogP contribution in [0.25, 0.3) is 0 Å². The van der Waals surface area contributed by atoms with Crippen LogP contribution in [0.2, 0.25) is 0 Å². The van der Waals surface area contributed by atoms with E-state index < -0.39 is 5.79 Å². The molecule has 3 fully saturated rings. The van der Waals surface area contributed by atoms with Gasteiger partial charge in [0.2, 0.25) is 0 Å². The van der Waals surface area contributed by atoms with Crippen LogP contribution in [0, 0.1) is 28.6 Å². The van der Waals surface area contributed by atoms with Crippen molar-refractivity contribution >= 4 is 5.78 Å². The number of hydrogen-bond donors (Lipinski definition) is 0. The second-order valence-corrected chi connectivity index (χ2v) is 8.24. The lowest BCUT2D eigenvalue weighted by molar-refractivity contribution is -0.242. The number of ether oxygens (including phenoxy) is 2. The first-order valence-corrected chi connectivity index (χ1v) is 7.84. The summed E-state index contributed by atoms with van der Waals surface area (Å²) in [6.45, 7) is 10.1. The van der Waals surface area contributed by atoms with E-state index in [0.29, 0.717) is 24.9 Å². The summed E-state index contributed by atoms with van der Waals surface area (Å²) in [5.74, 6) is 0.667. The highest BCUT2D eigenvalue weighted by atomic mass is 16.7. The summed E-state index contributed by atoms with van der Waals surface area (Å²) >= 11 is 0. The SMILES string of the molecule is CC(C)(C)C1=C[C@H]2[C@@H](C1=O)[C@@H]1C3(CC[C@@]12C)OCCO3. The van der Waals surface area contributed by atoms with E-state index in [2.05, 4.69) is 33.8 Å². The maximum atomic E-state index is 12.9. The van der Waals surface area contributed by atoms with E-state index in [1.165, 1.54) is 0 Å². The molecule has 3 aliphatic carbocycles. The molecular formula is C17H24O3. The van der Waals surface area contributed by atoms with Gasteiger partial charge in [-0.3, -0.25) is 4.79 Å². The largest absolute Gasteiger partial charge is 0.347 e. The predicted molar refractivity (Wildman–Crippen MR) is 75.0 cm³/mol. The van der Waals surface area contributed by atoms with Gasteiger partial charge in [0, 0.05) is 18.3 Å². The molecular weight excluding hydrogens is 252 g/mol. The first-order chi connectivity index (χ1) is 9.30. The zero-order chi connectivity index (χ0) is 14.3. The fourth-order valence-corrected chi connectivity index (χ4v) is 5.28. The maximum Gasteiger partial charge on any atom is 0.172 e. The summed E-state index contributed by atoms with van der Waals surface area (Å²) in [6, 6.07) is 0. The number of fused-ring (bicyclic) bond motifs is 5. The van der Waals surface area contributed by atoms with E-state index in [0.717, 1.165) is 18.4 Å². The number of Topliss-reactive ketones (excluding diaryl/α,β-unsaturated/α-hetero) is 1. The second-order valence-electron chi connectivity index (χ2n) is 8.24. The maximum absolute atomic E-state index is 12.9. The van der Waals surface area contributed by atoms with Gasteiger partial charge in [0.1, 0.15) is 0 Å². The fraction of sp³-hybridized carbons (Fsp3) is 0.824. The molecule has 1 heterocycles. The number of ketones is 1. The summed E-state index contributed by atoms with van der Waals surface area (Å²) in [4.78, 5) is 12.9. The number of rotatable bonds is 0. The van der Waals surface area contributed by atoms with Gasteiger partial charge in [0.05, 0.1) is 13.2 Å². The number of carbonyl (C=O) groups excluding carboxylic acids is 1. The highest BCUT2D eigenvalue weighted by Gasteiger charge is 2.74.